The topological polar surface area (TPSA) is 105 Å². The van der Waals surface area contributed by atoms with E-state index >= 15 is 0 Å². The van der Waals surface area contributed by atoms with E-state index in [0.29, 0.717) is 30.8 Å². The number of amides is 3. The quantitative estimate of drug-likeness (QED) is 0.197. The molecule has 3 aromatic rings. The van der Waals surface area contributed by atoms with Crippen LogP contribution >= 0.6 is 34.5 Å². The van der Waals surface area contributed by atoms with Crippen LogP contribution in [0.15, 0.2) is 47.4 Å². The summed E-state index contributed by atoms with van der Waals surface area (Å²) in [6.07, 6.45) is 5.37. The Hall–Kier alpha value is -2.92. The van der Waals surface area contributed by atoms with Crippen molar-refractivity contribution in [1.29, 1.82) is 0 Å². The Kier molecular flexibility index (Phi) is 10.6. The molecule has 0 spiro atoms. The molecular formula is C28H34Cl2N6O3S. The van der Waals surface area contributed by atoms with Crippen molar-refractivity contribution in [3.63, 3.8) is 0 Å². The number of rotatable bonds is 10. The molecule has 1 atom stereocenters. The van der Waals surface area contributed by atoms with Crippen LogP contribution < -0.4 is 15.4 Å². The Morgan fingerprint density at radius 3 is 2.58 bits per heavy atom. The molecule has 12 heteroatoms. The number of likely N-dealkylation sites (tertiary alicyclic amines) is 1. The van der Waals surface area contributed by atoms with Crippen LogP contribution in [0.5, 0.6) is 0 Å². The number of hydrogen-bond acceptors (Lipinski definition) is 6. The smallest absolute Gasteiger partial charge is 0.318 e. The van der Waals surface area contributed by atoms with Gasteiger partial charge in [0.2, 0.25) is 0 Å². The number of thiophene rings is 1. The lowest BCUT2D eigenvalue weighted by molar-refractivity contribution is -0.605. The third kappa shape index (κ3) is 8.06. The van der Waals surface area contributed by atoms with E-state index in [4.69, 9.17) is 23.2 Å². The first-order valence-corrected chi connectivity index (χ1v) is 15.0. The fourth-order valence-electron chi connectivity index (χ4n) is 4.96. The van der Waals surface area contributed by atoms with Crippen molar-refractivity contribution in [2.45, 2.75) is 58.3 Å². The lowest BCUT2D eigenvalue weighted by Gasteiger charge is -2.40. The summed E-state index contributed by atoms with van der Waals surface area (Å²) < 4.78 is 0.727. The van der Waals surface area contributed by atoms with E-state index < -0.39 is 0 Å². The highest BCUT2D eigenvalue weighted by molar-refractivity contribution is 7.07. The van der Waals surface area contributed by atoms with Crippen molar-refractivity contribution in [3.8, 4) is 0 Å². The Labute approximate surface area is 248 Å². The van der Waals surface area contributed by atoms with E-state index in [-0.39, 0.29) is 34.3 Å². The van der Waals surface area contributed by atoms with E-state index in [1.807, 2.05) is 10.3 Å². The van der Waals surface area contributed by atoms with Gasteiger partial charge in [-0.15, -0.1) is 0 Å². The Morgan fingerprint density at radius 2 is 1.93 bits per heavy atom. The predicted octanol–water partition coefficient (Wildman–Crippen LogP) is 4.78. The van der Waals surface area contributed by atoms with Gasteiger partial charge in [0, 0.05) is 56.9 Å². The fraction of sp³-hybridized carbons (Fsp3) is 0.429. The van der Waals surface area contributed by atoms with Gasteiger partial charge in [-0.2, -0.15) is 16.1 Å². The van der Waals surface area contributed by atoms with Gasteiger partial charge in [0.25, 0.3) is 5.91 Å². The standard InChI is InChI=1S/C28H34Cl2N6O3S/c1-19-15-24(29)33-26(30)25(19)27(37)31-9-3-20(2)34-10-6-23(7-11-34)36(17-22-8-14-40-18-22)28(38)32-16-21-4-12-35(39)13-5-21/h4-5,8,12-15,18,20,23H,3,6-7,9-11,16-17H2,1-2H3,(H,31,37)(H,32,38)/t20-/m1/s1. The molecule has 1 saturated heterocycles. The molecule has 0 unspecified atom stereocenters. The number of nitrogens with one attached hydrogen (secondary N) is 2. The second-order valence-electron chi connectivity index (χ2n) is 10.1. The molecule has 3 aromatic heterocycles. The van der Waals surface area contributed by atoms with Crippen molar-refractivity contribution >= 4 is 46.5 Å². The zero-order valence-electron chi connectivity index (χ0n) is 22.6. The van der Waals surface area contributed by atoms with Crippen LogP contribution in [0, 0.1) is 12.1 Å². The predicted molar refractivity (Wildman–Crippen MR) is 158 cm³/mol. The summed E-state index contributed by atoms with van der Waals surface area (Å²) in [5.74, 6) is -0.254. The van der Waals surface area contributed by atoms with E-state index in [1.54, 1.807) is 36.5 Å². The van der Waals surface area contributed by atoms with E-state index in [9.17, 15) is 14.8 Å². The van der Waals surface area contributed by atoms with Gasteiger partial charge in [-0.25, -0.2) is 9.78 Å². The van der Waals surface area contributed by atoms with Crippen LogP contribution in [-0.4, -0.2) is 58.4 Å². The summed E-state index contributed by atoms with van der Waals surface area (Å²) >= 11 is 13.7. The third-order valence-corrected chi connectivity index (χ3v) is 8.49. The number of pyridine rings is 2. The Morgan fingerprint density at radius 1 is 1.20 bits per heavy atom. The number of halogens is 2. The highest BCUT2D eigenvalue weighted by Crippen LogP contribution is 2.23. The fourth-order valence-corrected chi connectivity index (χ4v) is 6.24. The minimum atomic E-state index is -0.254. The number of piperidine rings is 1. The Bertz CT molecular complexity index is 1260. The number of hydrogen-bond donors (Lipinski definition) is 2. The van der Waals surface area contributed by atoms with E-state index in [0.717, 1.165) is 48.2 Å². The van der Waals surface area contributed by atoms with Crippen LogP contribution in [0.2, 0.25) is 10.3 Å². The molecule has 0 aliphatic carbocycles. The molecule has 40 heavy (non-hydrogen) atoms. The summed E-state index contributed by atoms with van der Waals surface area (Å²) in [6.45, 7) is 7.10. The minimum absolute atomic E-state index is 0.105. The largest absolute Gasteiger partial charge is 0.619 e. The maximum absolute atomic E-state index is 13.3. The second-order valence-corrected chi connectivity index (χ2v) is 11.6. The second kappa shape index (κ2) is 14.1. The van der Waals surface area contributed by atoms with Gasteiger partial charge >= 0.3 is 6.03 Å². The number of carbonyl (C=O) groups is 2. The number of urea groups is 1. The van der Waals surface area contributed by atoms with Crippen molar-refractivity contribution in [2.24, 2.45) is 0 Å². The maximum atomic E-state index is 13.3. The van der Waals surface area contributed by atoms with Gasteiger partial charge in [0.1, 0.15) is 10.3 Å². The summed E-state index contributed by atoms with van der Waals surface area (Å²) in [5, 5.41) is 21.7. The molecule has 214 valence electrons. The van der Waals surface area contributed by atoms with Crippen LogP contribution in [0.25, 0.3) is 0 Å². The maximum Gasteiger partial charge on any atom is 0.318 e. The first-order chi connectivity index (χ1) is 19.2. The van der Waals surface area contributed by atoms with Crippen molar-refractivity contribution in [1.82, 2.24) is 25.4 Å². The number of nitrogens with zero attached hydrogens (tertiary/aromatic N) is 4. The number of aromatic nitrogens is 2. The van der Waals surface area contributed by atoms with Gasteiger partial charge < -0.3 is 25.6 Å². The normalized spacial score (nSPS) is 15.0. The highest BCUT2D eigenvalue weighted by Gasteiger charge is 2.30. The van der Waals surface area contributed by atoms with Gasteiger partial charge in [-0.05, 0) is 72.7 Å². The van der Waals surface area contributed by atoms with Crippen LogP contribution in [-0.2, 0) is 13.1 Å². The molecule has 0 radical (unpaired) electrons. The minimum Gasteiger partial charge on any atom is -0.619 e. The van der Waals surface area contributed by atoms with E-state index in [1.165, 1.54) is 12.4 Å². The van der Waals surface area contributed by atoms with E-state index in [2.05, 4.69) is 38.9 Å². The molecule has 3 amide bonds. The zero-order chi connectivity index (χ0) is 28.6. The summed E-state index contributed by atoms with van der Waals surface area (Å²) in [4.78, 5) is 34.3. The monoisotopic (exact) mass is 604 g/mol. The molecule has 4 rings (SSSR count). The van der Waals surface area contributed by atoms with Crippen molar-refractivity contribution < 1.29 is 14.3 Å². The molecule has 9 nitrogen and oxygen atoms in total. The molecule has 0 saturated carbocycles. The lowest BCUT2D eigenvalue weighted by atomic mass is 10.0. The van der Waals surface area contributed by atoms with Crippen LogP contribution in [0.4, 0.5) is 4.79 Å². The van der Waals surface area contributed by atoms with Gasteiger partial charge in [0.15, 0.2) is 12.4 Å². The highest BCUT2D eigenvalue weighted by atomic mass is 35.5. The summed E-state index contributed by atoms with van der Waals surface area (Å²) in [7, 11) is 0. The first-order valence-electron chi connectivity index (χ1n) is 13.3. The molecular weight excluding hydrogens is 571 g/mol. The molecule has 0 aromatic carbocycles. The zero-order valence-corrected chi connectivity index (χ0v) is 24.9. The third-order valence-electron chi connectivity index (χ3n) is 7.29. The molecule has 0 bridgehead atoms. The van der Waals surface area contributed by atoms with Crippen LogP contribution in [0.3, 0.4) is 0 Å². The molecule has 1 aliphatic rings. The molecule has 4 heterocycles. The molecule has 1 aliphatic heterocycles. The average molecular weight is 606 g/mol. The number of aryl methyl sites for hydroxylation is 1. The van der Waals surface area contributed by atoms with Gasteiger partial charge in [-0.1, -0.05) is 23.2 Å². The Balaban J connectivity index is 1.28. The SMILES string of the molecule is Cc1cc(Cl)nc(Cl)c1C(=O)NCC[C@@H](C)N1CCC(N(Cc2ccsc2)C(=O)NCc2cc[n+]([O-])cc2)CC1. The van der Waals surface area contributed by atoms with Crippen LogP contribution in [0.1, 0.15) is 53.2 Å². The van der Waals surface area contributed by atoms with Gasteiger partial charge in [0.05, 0.1) is 5.56 Å². The molecule has 1 fully saturated rings. The summed E-state index contributed by atoms with van der Waals surface area (Å²) in [6, 6.07) is 7.37. The summed E-state index contributed by atoms with van der Waals surface area (Å²) in [5.41, 5.74) is 3.03. The molecule has 2 N–H and O–H groups in total. The average Bonchev–Trinajstić information content (AvgIpc) is 3.44. The lowest BCUT2D eigenvalue weighted by Crippen LogP contribution is -2.51. The number of carbonyl (C=O) groups excluding carboxylic acids is 2. The van der Waals surface area contributed by atoms with Crippen molar-refractivity contribution in [3.05, 3.63) is 85.2 Å². The van der Waals surface area contributed by atoms with Gasteiger partial charge in [-0.3, -0.25) is 4.79 Å². The first kappa shape index (κ1) is 30.0. The van der Waals surface area contributed by atoms with Crippen molar-refractivity contribution in [2.75, 3.05) is 19.6 Å².